The maximum Gasteiger partial charge on any atom is 0.414 e. The zero-order valence-electron chi connectivity index (χ0n) is 18.3. The minimum Gasteiger partial charge on any atom is -0.443 e. The van der Waals surface area contributed by atoms with Gasteiger partial charge in [0.2, 0.25) is 0 Å². The van der Waals surface area contributed by atoms with E-state index < -0.39 is 11.7 Å². The number of nitrogens with zero attached hydrogens (tertiary/aromatic N) is 2. The lowest BCUT2D eigenvalue weighted by Gasteiger charge is -2.26. The first-order valence-corrected chi connectivity index (χ1v) is 10.2. The zero-order chi connectivity index (χ0) is 22.4. The van der Waals surface area contributed by atoms with Crippen LogP contribution in [0, 0.1) is 0 Å². The van der Waals surface area contributed by atoms with Crippen LogP contribution < -0.4 is 10.2 Å². The van der Waals surface area contributed by atoms with Crippen molar-refractivity contribution in [2.45, 2.75) is 33.3 Å². The Balaban J connectivity index is 1.71. The van der Waals surface area contributed by atoms with Gasteiger partial charge in [-0.15, -0.1) is 0 Å². The van der Waals surface area contributed by atoms with E-state index >= 15 is 0 Å². The lowest BCUT2D eigenvalue weighted by atomic mass is 10.0. The number of aromatic nitrogens is 1. The number of nitrogens with one attached hydrogen (secondary N) is 1. The fraction of sp³-hybridized carbons (Fsp3) is 0.240. The Kier molecular flexibility index (Phi) is 6.70. The Hall–Kier alpha value is -3.67. The molecule has 1 aromatic heterocycles. The summed E-state index contributed by atoms with van der Waals surface area (Å²) in [5, 5.41) is 2.90. The third-order valence-electron chi connectivity index (χ3n) is 4.49. The Morgan fingerprint density at radius 2 is 1.71 bits per heavy atom. The molecule has 2 aromatic carbocycles. The number of carbonyl (C=O) groups is 2. The van der Waals surface area contributed by atoms with E-state index in [0.717, 1.165) is 11.1 Å². The molecule has 6 heteroatoms. The molecule has 3 rings (SSSR count). The molecule has 0 bridgehead atoms. The molecule has 0 aliphatic carbocycles. The van der Waals surface area contributed by atoms with Gasteiger partial charge < -0.3 is 10.1 Å². The largest absolute Gasteiger partial charge is 0.443 e. The molecular formula is C25H27N3O3. The molecule has 0 aliphatic rings. The van der Waals surface area contributed by atoms with Crippen LogP contribution in [0.15, 0.2) is 73.1 Å². The second-order valence-electron chi connectivity index (χ2n) is 8.05. The van der Waals surface area contributed by atoms with Crippen LogP contribution in [-0.2, 0) is 4.74 Å². The standard InChI is InChI=1S/C25H27N3O3/c1-5-28(24(30)31-25(2,3)4)22-13-11-21(12-14-22)27-23(29)19-9-6-8-18(16-19)20-10-7-15-26-17-20/h6-17H,5H2,1-4H3,(H,27,29). The fourth-order valence-corrected chi connectivity index (χ4v) is 3.04. The molecule has 2 amide bonds. The van der Waals surface area contributed by atoms with Crippen molar-refractivity contribution >= 4 is 23.4 Å². The maximum absolute atomic E-state index is 12.7. The van der Waals surface area contributed by atoms with Crippen LogP contribution in [0.25, 0.3) is 11.1 Å². The normalized spacial score (nSPS) is 11.0. The number of carbonyl (C=O) groups excluding carboxylic acids is 2. The van der Waals surface area contributed by atoms with Crippen molar-refractivity contribution in [3.63, 3.8) is 0 Å². The molecule has 0 unspecified atom stereocenters. The summed E-state index contributed by atoms with van der Waals surface area (Å²) in [6.07, 6.45) is 3.07. The predicted octanol–water partition coefficient (Wildman–Crippen LogP) is 5.76. The molecule has 6 nitrogen and oxygen atoms in total. The number of pyridine rings is 1. The summed E-state index contributed by atoms with van der Waals surface area (Å²) in [7, 11) is 0. The highest BCUT2D eigenvalue weighted by molar-refractivity contribution is 6.05. The van der Waals surface area contributed by atoms with Gasteiger partial charge >= 0.3 is 6.09 Å². The average molecular weight is 418 g/mol. The van der Waals surface area contributed by atoms with E-state index in [-0.39, 0.29) is 5.91 Å². The van der Waals surface area contributed by atoms with E-state index in [1.54, 1.807) is 47.6 Å². The van der Waals surface area contributed by atoms with Crippen molar-refractivity contribution in [3.05, 3.63) is 78.6 Å². The molecule has 0 aliphatic heterocycles. The van der Waals surface area contributed by atoms with Crippen molar-refractivity contribution in [3.8, 4) is 11.1 Å². The first kappa shape index (κ1) is 22.0. The number of hydrogen-bond acceptors (Lipinski definition) is 4. The summed E-state index contributed by atoms with van der Waals surface area (Å²) in [6, 6.07) is 18.3. The Morgan fingerprint density at radius 3 is 2.32 bits per heavy atom. The minimum atomic E-state index is -0.567. The Labute approximate surface area is 182 Å². The molecule has 0 spiro atoms. The molecule has 1 heterocycles. The van der Waals surface area contributed by atoms with Gasteiger partial charge in [0.1, 0.15) is 5.60 Å². The van der Waals surface area contributed by atoms with E-state index in [1.165, 1.54) is 0 Å². The van der Waals surface area contributed by atoms with Crippen LogP contribution >= 0.6 is 0 Å². The molecular weight excluding hydrogens is 390 g/mol. The van der Waals surface area contributed by atoms with Gasteiger partial charge in [0.05, 0.1) is 0 Å². The van der Waals surface area contributed by atoms with Crippen molar-refractivity contribution in [1.29, 1.82) is 0 Å². The third kappa shape index (κ3) is 5.92. The van der Waals surface area contributed by atoms with E-state index in [9.17, 15) is 9.59 Å². The highest BCUT2D eigenvalue weighted by Crippen LogP contribution is 2.22. The van der Waals surface area contributed by atoms with Crippen LogP contribution in [-0.4, -0.2) is 29.1 Å². The molecule has 0 saturated carbocycles. The lowest BCUT2D eigenvalue weighted by molar-refractivity contribution is 0.0582. The van der Waals surface area contributed by atoms with E-state index in [1.807, 2.05) is 58.0 Å². The number of anilines is 2. The monoisotopic (exact) mass is 417 g/mol. The molecule has 31 heavy (non-hydrogen) atoms. The topological polar surface area (TPSA) is 71.5 Å². The lowest BCUT2D eigenvalue weighted by Crippen LogP contribution is -2.36. The van der Waals surface area contributed by atoms with Gasteiger partial charge in [0, 0.05) is 41.4 Å². The number of rotatable bonds is 5. The summed E-state index contributed by atoms with van der Waals surface area (Å²) in [6.45, 7) is 7.86. The van der Waals surface area contributed by atoms with Crippen molar-refractivity contribution in [2.24, 2.45) is 0 Å². The van der Waals surface area contributed by atoms with Gasteiger partial charge in [-0.2, -0.15) is 0 Å². The van der Waals surface area contributed by atoms with Crippen LogP contribution in [0.5, 0.6) is 0 Å². The fourth-order valence-electron chi connectivity index (χ4n) is 3.04. The van der Waals surface area contributed by atoms with Crippen LogP contribution in [0.2, 0.25) is 0 Å². The van der Waals surface area contributed by atoms with Crippen LogP contribution in [0.1, 0.15) is 38.1 Å². The van der Waals surface area contributed by atoms with Gasteiger partial charge in [-0.3, -0.25) is 14.7 Å². The summed E-state index contributed by atoms with van der Waals surface area (Å²) in [5.74, 6) is -0.210. The molecule has 0 atom stereocenters. The second-order valence-corrected chi connectivity index (χ2v) is 8.05. The molecule has 0 fully saturated rings. The van der Waals surface area contributed by atoms with E-state index in [4.69, 9.17) is 4.74 Å². The highest BCUT2D eigenvalue weighted by atomic mass is 16.6. The number of hydrogen-bond donors (Lipinski definition) is 1. The zero-order valence-corrected chi connectivity index (χ0v) is 18.3. The van der Waals surface area contributed by atoms with Crippen LogP contribution in [0.3, 0.4) is 0 Å². The van der Waals surface area contributed by atoms with Crippen molar-refractivity contribution in [1.82, 2.24) is 4.98 Å². The Morgan fingerprint density at radius 1 is 1.00 bits per heavy atom. The molecule has 1 N–H and O–H groups in total. The number of amides is 2. The van der Waals surface area contributed by atoms with Crippen molar-refractivity contribution in [2.75, 3.05) is 16.8 Å². The first-order valence-electron chi connectivity index (χ1n) is 10.2. The molecule has 3 aromatic rings. The van der Waals surface area contributed by atoms with Gasteiger partial charge in [-0.1, -0.05) is 18.2 Å². The quantitative estimate of drug-likeness (QED) is 0.573. The second kappa shape index (κ2) is 9.43. The number of ether oxygens (including phenoxy) is 1. The molecule has 0 radical (unpaired) electrons. The first-order chi connectivity index (χ1) is 14.8. The highest BCUT2D eigenvalue weighted by Gasteiger charge is 2.22. The van der Waals surface area contributed by atoms with Crippen LogP contribution in [0.4, 0.5) is 16.2 Å². The molecule has 0 saturated heterocycles. The maximum atomic E-state index is 12.7. The van der Waals surface area contributed by atoms with Gasteiger partial charge in [0.25, 0.3) is 5.91 Å². The summed E-state index contributed by atoms with van der Waals surface area (Å²) in [4.78, 5) is 30.8. The van der Waals surface area contributed by atoms with Crippen molar-refractivity contribution < 1.29 is 14.3 Å². The average Bonchev–Trinajstić information content (AvgIpc) is 2.75. The third-order valence-corrected chi connectivity index (χ3v) is 4.49. The summed E-state index contributed by atoms with van der Waals surface area (Å²) in [5.41, 5.74) is 3.20. The van der Waals surface area contributed by atoms with Gasteiger partial charge in [-0.05, 0) is 75.7 Å². The summed E-state index contributed by atoms with van der Waals surface area (Å²) < 4.78 is 5.46. The van der Waals surface area contributed by atoms with Gasteiger partial charge in [0.15, 0.2) is 0 Å². The predicted molar refractivity (Wildman–Crippen MR) is 123 cm³/mol. The van der Waals surface area contributed by atoms with E-state index in [0.29, 0.717) is 23.5 Å². The summed E-state index contributed by atoms with van der Waals surface area (Å²) >= 11 is 0. The van der Waals surface area contributed by atoms with Gasteiger partial charge in [-0.25, -0.2) is 4.79 Å². The van der Waals surface area contributed by atoms with E-state index in [2.05, 4.69) is 10.3 Å². The Bertz CT molecular complexity index is 1040. The molecule has 160 valence electrons. The SMILES string of the molecule is CCN(C(=O)OC(C)(C)C)c1ccc(NC(=O)c2cccc(-c3cccnc3)c2)cc1. The minimum absolute atomic E-state index is 0.210. The smallest absolute Gasteiger partial charge is 0.414 e. The number of benzene rings is 2.